The third-order valence-electron chi connectivity index (χ3n) is 5.25. The molecule has 0 aromatic carbocycles. The van der Waals surface area contributed by atoms with E-state index >= 15 is 0 Å². The van der Waals surface area contributed by atoms with Crippen LogP contribution in [0.5, 0.6) is 0 Å². The Kier molecular flexibility index (Phi) is 5.86. The molecule has 0 spiro atoms. The lowest BCUT2D eigenvalue weighted by atomic mass is 9.93. The Morgan fingerprint density at radius 1 is 1.31 bits per heavy atom. The van der Waals surface area contributed by atoms with E-state index in [-0.39, 0.29) is 18.1 Å². The highest BCUT2D eigenvalue weighted by molar-refractivity contribution is 6.03. The van der Waals surface area contributed by atoms with Gasteiger partial charge in [-0.3, -0.25) is 9.36 Å². The lowest BCUT2D eigenvalue weighted by Crippen LogP contribution is -2.40. The molecule has 0 aliphatic heterocycles. The summed E-state index contributed by atoms with van der Waals surface area (Å²) < 4.78 is 7.64. The zero-order chi connectivity index (χ0) is 20.2. The number of imidazole rings is 1. The van der Waals surface area contributed by atoms with E-state index in [1.807, 2.05) is 20.2 Å². The van der Waals surface area contributed by atoms with E-state index in [9.17, 15) is 4.79 Å². The maximum atomic E-state index is 13.0. The largest absolute Gasteiger partial charge is 0.377 e. The minimum Gasteiger partial charge on any atom is -0.377 e. The molecule has 154 valence electrons. The molecular formula is C20H27N7O2. The fraction of sp³-hybridized carbons (Fsp3) is 0.500. The molecule has 0 saturated heterocycles. The van der Waals surface area contributed by atoms with E-state index in [1.165, 1.54) is 0 Å². The number of rotatable bonds is 7. The standard InChI is InChI=1S/C20H27N7O2/c1-26(2)11-12-29-15-5-3-14(4-6-15)23-19(28)18-17-16(7-8-22-17)24-20(25-18)27-10-9-21-13-27/h7-10,13-15,22H,3-6,11-12H2,1-2H3,(H,23,28)/t14-,15-. The molecule has 1 fully saturated rings. The lowest BCUT2D eigenvalue weighted by molar-refractivity contribution is 0.0159. The fourth-order valence-corrected chi connectivity index (χ4v) is 3.62. The third kappa shape index (κ3) is 4.63. The zero-order valence-corrected chi connectivity index (χ0v) is 16.8. The van der Waals surface area contributed by atoms with Gasteiger partial charge < -0.3 is 19.9 Å². The van der Waals surface area contributed by atoms with Gasteiger partial charge >= 0.3 is 0 Å². The van der Waals surface area contributed by atoms with Crippen LogP contribution >= 0.6 is 0 Å². The molecule has 4 rings (SSSR count). The maximum Gasteiger partial charge on any atom is 0.272 e. The number of carbonyl (C=O) groups is 1. The van der Waals surface area contributed by atoms with Gasteiger partial charge in [-0.1, -0.05) is 0 Å². The van der Waals surface area contributed by atoms with Crippen molar-refractivity contribution in [2.45, 2.75) is 37.8 Å². The van der Waals surface area contributed by atoms with Crippen LogP contribution in [0.4, 0.5) is 0 Å². The molecule has 3 aromatic rings. The minimum atomic E-state index is -0.182. The van der Waals surface area contributed by atoms with E-state index < -0.39 is 0 Å². The molecule has 3 heterocycles. The molecule has 29 heavy (non-hydrogen) atoms. The number of likely N-dealkylation sites (N-methyl/N-ethyl adjacent to an activating group) is 1. The number of ether oxygens (including phenoxy) is 1. The number of nitrogens with zero attached hydrogens (tertiary/aromatic N) is 5. The van der Waals surface area contributed by atoms with Crippen molar-refractivity contribution >= 4 is 16.9 Å². The summed E-state index contributed by atoms with van der Waals surface area (Å²) >= 11 is 0. The molecule has 1 saturated carbocycles. The van der Waals surface area contributed by atoms with E-state index in [1.54, 1.807) is 29.5 Å². The Hall–Kier alpha value is -2.78. The van der Waals surface area contributed by atoms with Crippen LogP contribution in [-0.2, 0) is 4.74 Å². The van der Waals surface area contributed by atoms with Gasteiger partial charge in [-0.25, -0.2) is 15.0 Å². The van der Waals surface area contributed by atoms with Crippen LogP contribution in [-0.4, -0.2) is 74.7 Å². The second-order valence-electron chi connectivity index (χ2n) is 7.70. The summed E-state index contributed by atoms with van der Waals surface area (Å²) in [6.45, 7) is 1.67. The Bertz CT molecular complexity index is 943. The first-order chi connectivity index (χ1) is 14.1. The highest BCUT2D eigenvalue weighted by Gasteiger charge is 2.25. The van der Waals surface area contributed by atoms with Crippen molar-refractivity contribution in [3.05, 3.63) is 36.7 Å². The van der Waals surface area contributed by atoms with E-state index in [2.05, 4.69) is 30.2 Å². The van der Waals surface area contributed by atoms with Crippen molar-refractivity contribution in [3.63, 3.8) is 0 Å². The van der Waals surface area contributed by atoms with Gasteiger partial charge in [-0.05, 0) is 45.8 Å². The molecule has 1 aliphatic carbocycles. The van der Waals surface area contributed by atoms with E-state index in [0.29, 0.717) is 22.7 Å². The van der Waals surface area contributed by atoms with Gasteiger partial charge in [0.2, 0.25) is 5.95 Å². The Balaban J connectivity index is 1.40. The van der Waals surface area contributed by atoms with Crippen LogP contribution in [0.1, 0.15) is 36.2 Å². The summed E-state index contributed by atoms with van der Waals surface area (Å²) in [4.78, 5) is 31.2. The van der Waals surface area contributed by atoms with Gasteiger partial charge in [0.25, 0.3) is 5.91 Å². The first kappa shape index (κ1) is 19.5. The highest BCUT2D eigenvalue weighted by Crippen LogP contribution is 2.22. The second-order valence-corrected chi connectivity index (χ2v) is 7.70. The molecule has 3 aromatic heterocycles. The summed E-state index contributed by atoms with van der Waals surface area (Å²) in [6, 6.07) is 1.97. The van der Waals surface area contributed by atoms with Crippen molar-refractivity contribution in [1.82, 2.24) is 34.7 Å². The molecule has 9 heteroatoms. The first-order valence-electron chi connectivity index (χ1n) is 10.0. The average Bonchev–Trinajstić information content (AvgIpc) is 3.40. The monoisotopic (exact) mass is 397 g/mol. The number of H-pyrrole nitrogens is 1. The fourth-order valence-electron chi connectivity index (χ4n) is 3.62. The summed E-state index contributed by atoms with van der Waals surface area (Å²) in [5, 5.41) is 3.15. The van der Waals surface area contributed by atoms with Gasteiger partial charge in [0, 0.05) is 31.2 Å². The minimum absolute atomic E-state index is 0.132. The quantitative estimate of drug-likeness (QED) is 0.630. The first-order valence-corrected chi connectivity index (χ1v) is 10.0. The Labute approximate surface area is 169 Å². The third-order valence-corrected chi connectivity index (χ3v) is 5.25. The van der Waals surface area contributed by atoms with E-state index in [4.69, 9.17) is 4.74 Å². The molecule has 2 N–H and O–H groups in total. The Morgan fingerprint density at radius 3 is 2.86 bits per heavy atom. The molecule has 0 unspecified atom stereocenters. The molecule has 0 bridgehead atoms. The van der Waals surface area contributed by atoms with E-state index in [0.717, 1.165) is 38.8 Å². The number of hydrogen-bond acceptors (Lipinski definition) is 6. The van der Waals surface area contributed by atoms with Gasteiger partial charge in [0.05, 0.1) is 23.7 Å². The van der Waals surface area contributed by atoms with Crippen molar-refractivity contribution in [2.24, 2.45) is 0 Å². The average molecular weight is 397 g/mol. The highest BCUT2D eigenvalue weighted by atomic mass is 16.5. The van der Waals surface area contributed by atoms with Crippen LogP contribution in [0, 0.1) is 0 Å². The summed E-state index contributed by atoms with van der Waals surface area (Å²) in [5.41, 5.74) is 1.70. The second kappa shape index (κ2) is 8.71. The van der Waals surface area contributed by atoms with Crippen LogP contribution < -0.4 is 5.32 Å². The van der Waals surface area contributed by atoms with Crippen molar-refractivity contribution in [2.75, 3.05) is 27.2 Å². The lowest BCUT2D eigenvalue weighted by Gasteiger charge is -2.29. The number of aromatic amines is 1. The smallest absolute Gasteiger partial charge is 0.272 e. The Morgan fingerprint density at radius 2 is 2.14 bits per heavy atom. The van der Waals surface area contributed by atoms with Gasteiger partial charge in [-0.15, -0.1) is 0 Å². The summed E-state index contributed by atoms with van der Waals surface area (Å²) in [7, 11) is 4.09. The molecule has 0 atom stereocenters. The number of nitrogens with one attached hydrogen (secondary N) is 2. The number of hydrogen-bond donors (Lipinski definition) is 2. The van der Waals surface area contributed by atoms with Gasteiger partial charge in [0.1, 0.15) is 6.33 Å². The number of fused-ring (bicyclic) bond motifs is 1. The maximum absolute atomic E-state index is 13.0. The normalized spacial score (nSPS) is 19.7. The molecule has 1 amide bonds. The van der Waals surface area contributed by atoms with Crippen molar-refractivity contribution < 1.29 is 9.53 Å². The zero-order valence-electron chi connectivity index (χ0n) is 16.8. The summed E-state index contributed by atoms with van der Waals surface area (Å²) in [6.07, 6.45) is 10.8. The molecular weight excluding hydrogens is 370 g/mol. The summed E-state index contributed by atoms with van der Waals surface area (Å²) in [5.74, 6) is 0.246. The molecule has 9 nitrogen and oxygen atoms in total. The van der Waals surface area contributed by atoms with Crippen LogP contribution in [0.15, 0.2) is 31.0 Å². The molecule has 1 aliphatic rings. The molecule has 0 radical (unpaired) electrons. The number of amides is 1. The van der Waals surface area contributed by atoms with Crippen LogP contribution in [0.25, 0.3) is 17.0 Å². The van der Waals surface area contributed by atoms with Gasteiger partial charge in [0.15, 0.2) is 5.69 Å². The SMILES string of the molecule is CN(C)CCO[C@H]1CC[C@H](NC(=O)c2nc(-n3ccnc3)nc3cc[nH]c23)CC1. The topological polar surface area (TPSA) is 101 Å². The number of carbonyl (C=O) groups excluding carboxylic acids is 1. The van der Waals surface area contributed by atoms with Gasteiger partial charge in [-0.2, -0.15) is 0 Å². The van der Waals surface area contributed by atoms with Crippen molar-refractivity contribution in [3.8, 4) is 5.95 Å². The van der Waals surface area contributed by atoms with Crippen LogP contribution in [0.2, 0.25) is 0 Å². The van der Waals surface area contributed by atoms with Crippen LogP contribution in [0.3, 0.4) is 0 Å². The number of aromatic nitrogens is 5. The predicted molar refractivity (Wildman–Crippen MR) is 109 cm³/mol. The predicted octanol–water partition coefficient (Wildman–Crippen LogP) is 1.76. The van der Waals surface area contributed by atoms with Crippen molar-refractivity contribution in [1.29, 1.82) is 0 Å².